The second-order valence-corrected chi connectivity index (χ2v) is 6.30. The van der Waals surface area contributed by atoms with Gasteiger partial charge in [0.25, 0.3) is 11.5 Å². The SMILES string of the molecule is COc1ccccc1NC(=O)c1sc2nc(C(F)(F)F)[nH]c(=O)c2c1C. The van der Waals surface area contributed by atoms with Gasteiger partial charge in [0.1, 0.15) is 10.6 Å². The van der Waals surface area contributed by atoms with Crippen LogP contribution in [0.25, 0.3) is 10.2 Å². The Morgan fingerprint density at radius 3 is 2.65 bits per heavy atom. The summed E-state index contributed by atoms with van der Waals surface area (Å²) in [7, 11) is 1.44. The Morgan fingerprint density at radius 1 is 1.31 bits per heavy atom. The number of alkyl halides is 3. The number of anilines is 1. The monoisotopic (exact) mass is 383 g/mol. The minimum atomic E-state index is -4.79. The Balaban J connectivity index is 2.05. The number of fused-ring (bicyclic) bond motifs is 1. The van der Waals surface area contributed by atoms with Gasteiger partial charge in [-0.2, -0.15) is 13.2 Å². The number of hydrogen-bond donors (Lipinski definition) is 2. The molecular formula is C16H12F3N3O3S. The molecule has 3 rings (SSSR count). The van der Waals surface area contributed by atoms with Gasteiger partial charge in [-0.3, -0.25) is 9.59 Å². The molecule has 0 aliphatic carbocycles. The number of benzene rings is 1. The van der Waals surface area contributed by atoms with Crippen molar-refractivity contribution in [3.05, 3.63) is 50.9 Å². The highest BCUT2D eigenvalue weighted by Gasteiger charge is 2.35. The highest BCUT2D eigenvalue weighted by atomic mass is 32.1. The van der Waals surface area contributed by atoms with Crippen molar-refractivity contribution in [2.45, 2.75) is 13.1 Å². The molecule has 136 valence electrons. The van der Waals surface area contributed by atoms with E-state index in [0.29, 0.717) is 11.4 Å². The molecule has 26 heavy (non-hydrogen) atoms. The van der Waals surface area contributed by atoms with Gasteiger partial charge in [0.15, 0.2) is 0 Å². The van der Waals surface area contributed by atoms with E-state index in [4.69, 9.17) is 4.74 Å². The van der Waals surface area contributed by atoms with Crippen LogP contribution in [0.15, 0.2) is 29.1 Å². The van der Waals surface area contributed by atoms with Crippen LogP contribution in [0.3, 0.4) is 0 Å². The molecule has 0 spiro atoms. The zero-order valence-electron chi connectivity index (χ0n) is 13.5. The zero-order valence-corrected chi connectivity index (χ0v) is 14.3. The largest absolute Gasteiger partial charge is 0.495 e. The molecule has 0 aliphatic rings. The lowest BCUT2D eigenvalue weighted by atomic mass is 10.2. The first-order chi connectivity index (χ1) is 12.2. The molecule has 2 aromatic heterocycles. The van der Waals surface area contributed by atoms with E-state index in [0.717, 1.165) is 11.3 Å². The molecule has 1 amide bonds. The van der Waals surface area contributed by atoms with E-state index < -0.39 is 23.5 Å². The van der Waals surface area contributed by atoms with Crippen molar-refractivity contribution < 1.29 is 22.7 Å². The van der Waals surface area contributed by atoms with Crippen molar-refractivity contribution in [3.8, 4) is 5.75 Å². The molecule has 0 unspecified atom stereocenters. The van der Waals surface area contributed by atoms with Crippen LogP contribution in [0.1, 0.15) is 21.1 Å². The van der Waals surface area contributed by atoms with Crippen LogP contribution in [-0.4, -0.2) is 23.0 Å². The summed E-state index contributed by atoms with van der Waals surface area (Å²) in [6.45, 7) is 1.49. The highest BCUT2D eigenvalue weighted by Crippen LogP contribution is 2.32. The Kier molecular flexibility index (Phi) is 4.45. The van der Waals surface area contributed by atoms with Gasteiger partial charge in [0, 0.05) is 0 Å². The lowest BCUT2D eigenvalue weighted by molar-refractivity contribution is -0.144. The van der Waals surface area contributed by atoms with Gasteiger partial charge in [-0.05, 0) is 24.6 Å². The first-order valence-corrected chi connectivity index (χ1v) is 8.09. The first-order valence-electron chi connectivity index (χ1n) is 7.27. The molecule has 0 bridgehead atoms. The lowest BCUT2D eigenvalue weighted by Crippen LogP contribution is -2.18. The number of aromatic nitrogens is 2. The maximum absolute atomic E-state index is 12.8. The van der Waals surface area contributed by atoms with E-state index in [1.165, 1.54) is 14.0 Å². The number of rotatable bonds is 3. The third kappa shape index (κ3) is 3.15. The van der Waals surface area contributed by atoms with Crippen molar-refractivity contribution in [2.75, 3.05) is 12.4 Å². The number of nitrogens with zero attached hydrogens (tertiary/aromatic N) is 1. The predicted octanol–water partition coefficient (Wildman–Crippen LogP) is 3.57. The number of H-pyrrole nitrogens is 1. The highest BCUT2D eigenvalue weighted by molar-refractivity contribution is 7.20. The quantitative estimate of drug-likeness (QED) is 0.724. The van der Waals surface area contributed by atoms with E-state index in [-0.39, 0.29) is 20.7 Å². The van der Waals surface area contributed by atoms with Crippen LogP contribution < -0.4 is 15.6 Å². The molecule has 3 aromatic rings. The van der Waals surface area contributed by atoms with Gasteiger partial charge >= 0.3 is 6.18 Å². The number of halogens is 3. The van der Waals surface area contributed by atoms with Crippen LogP contribution in [0, 0.1) is 6.92 Å². The van der Waals surface area contributed by atoms with Gasteiger partial charge in [-0.15, -0.1) is 11.3 Å². The van der Waals surface area contributed by atoms with E-state index in [2.05, 4.69) is 10.3 Å². The fourth-order valence-electron chi connectivity index (χ4n) is 2.42. The fraction of sp³-hybridized carbons (Fsp3) is 0.188. The van der Waals surface area contributed by atoms with Gasteiger partial charge in [-0.25, -0.2) is 4.98 Å². The van der Waals surface area contributed by atoms with Crippen LogP contribution in [0.5, 0.6) is 5.75 Å². The third-order valence-electron chi connectivity index (χ3n) is 3.63. The van der Waals surface area contributed by atoms with Crippen molar-refractivity contribution in [1.29, 1.82) is 0 Å². The zero-order chi connectivity index (χ0) is 19.1. The van der Waals surface area contributed by atoms with Crippen LogP contribution in [0.2, 0.25) is 0 Å². The number of para-hydroxylation sites is 2. The van der Waals surface area contributed by atoms with Gasteiger partial charge in [-0.1, -0.05) is 12.1 Å². The number of aromatic amines is 1. The summed E-state index contributed by atoms with van der Waals surface area (Å²) in [5.41, 5.74) is -0.276. The third-order valence-corrected chi connectivity index (χ3v) is 4.81. The molecule has 10 heteroatoms. The van der Waals surface area contributed by atoms with E-state index in [1.54, 1.807) is 29.2 Å². The Bertz CT molecular complexity index is 1060. The van der Waals surface area contributed by atoms with Gasteiger partial charge in [0.05, 0.1) is 23.1 Å². The van der Waals surface area contributed by atoms with Crippen LogP contribution in [-0.2, 0) is 6.18 Å². The molecule has 1 aromatic carbocycles. The Labute approximate surface area is 148 Å². The van der Waals surface area contributed by atoms with Crippen molar-refractivity contribution >= 4 is 33.1 Å². The summed E-state index contributed by atoms with van der Waals surface area (Å²) >= 11 is 0.725. The van der Waals surface area contributed by atoms with E-state index in [1.807, 2.05) is 0 Å². The number of amides is 1. The van der Waals surface area contributed by atoms with Crippen LogP contribution >= 0.6 is 11.3 Å². The Morgan fingerprint density at radius 2 is 2.00 bits per heavy atom. The number of hydrogen-bond acceptors (Lipinski definition) is 5. The first kappa shape index (κ1) is 17.9. The summed E-state index contributed by atoms with van der Waals surface area (Å²) < 4.78 is 43.6. The molecule has 0 atom stereocenters. The molecule has 0 saturated heterocycles. The minimum Gasteiger partial charge on any atom is -0.495 e. The maximum Gasteiger partial charge on any atom is 0.449 e. The number of ether oxygens (including phenoxy) is 1. The standard InChI is InChI=1S/C16H12F3N3O3S/c1-7-10-12(23)21-15(16(17,18)19)22-14(10)26-11(7)13(24)20-8-5-3-4-6-9(8)25-2/h3-6H,1-2H3,(H,20,24)(H,21,22,23). The average molecular weight is 383 g/mol. The predicted molar refractivity (Wildman–Crippen MR) is 90.9 cm³/mol. The molecule has 2 N–H and O–H groups in total. The molecule has 6 nitrogen and oxygen atoms in total. The summed E-state index contributed by atoms with van der Waals surface area (Å²) in [5.74, 6) is -1.54. The molecule has 0 fully saturated rings. The summed E-state index contributed by atoms with van der Waals surface area (Å²) in [5, 5.41) is 2.59. The number of carbonyl (C=O) groups excluding carboxylic acids is 1. The molecule has 0 saturated carbocycles. The average Bonchev–Trinajstić information content (AvgIpc) is 2.92. The fourth-order valence-corrected chi connectivity index (χ4v) is 3.50. The second-order valence-electron chi connectivity index (χ2n) is 5.30. The number of thiophene rings is 1. The lowest BCUT2D eigenvalue weighted by Gasteiger charge is -2.09. The Hall–Kier alpha value is -2.88. The topological polar surface area (TPSA) is 84.1 Å². The smallest absolute Gasteiger partial charge is 0.449 e. The van der Waals surface area contributed by atoms with Crippen LogP contribution in [0.4, 0.5) is 18.9 Å². The summed E-state index contributed by atoms with van der Waals surface area (Å²) in [4.78, 5) is 29.7. The molecule has 0 aliphatic heterocycles. The van der Waals surface area contributed by atoms with Gasteiger partial charge < -0.3 is 15.0 Å². The number of methoxy groups -OCH3 is 1. The van der Waals surface area contributed by atoms with E-state index in [9.17, 15) is 22.8 Å². The van der Waals surface area contributed by atoms with Crippen molar-refractivity contribution in [1.82, 2.24) is 9.97 Å². The molecule has 0 radical (unpaired) electrons. The normalized spacial score (nSPS) is 11.6. The maximum atomic E-state index is 12.8. The summed E-state index contributed by atoms with van der Waals surface area (Å²) in [6, 6.07) is 6.68. The number of nitrogens with one attached hydrogen (secondary N) is 2. The van der Waals surface area contributed by atoms with Crippen molar-refractivity contribution in [3.63, 3.8) is 0 Å². The molecule has 2 heterocycles. The second kappa shape index (κ2) is 6.45. The summed E-state index contributed by atoms with van der Waals surface area (Å²) in [6.07, 6.45) is -4.79. The number of carbonyl (C=O) groups is 1. The van der Waals surface area contributed by atoms with E-state index >= 15 is 0 Å². The van der Waals surface area contributed by atoms with Gasteiger partial charge in [0.2, 0.25) is 5.82 Å². The molecular weight excluding hydrogens is 371 g/mol. The minimum absolute atomic E-state index is 0.0341. The van der Waals surface area contributed by atoms with Crippen molar-refractivity contribution in [2.24, 2.45) is 0 Å². The number of aryl methyl sites for hydroxylation is 1.